The van der Waals surface area contributed by atoms with E-state index in [1.807, 2.05) is 6.07 Å². The Kier molecular flexibility index (Phi) is 7.65. The molecule has 0 aliphatic carbocycles. The van der Waals surface area contributed by atoms with Crippen LogP contribution in [-0.4, -0.2) is 19.5 Å². The number of alkyl halides is 1. The number of rotatable bonds is 8. The lowest BCUT2D eigenvalue weighted by atomic mass is 10.1. The molecule has 3 heteroatoms. The first-order valence-electron chi connectivity index (χ1n) is 6.69. The summed E-state index contributed by atoms with van der Waals surface area (Å²) in [5, 5.41) is 1.04. The van der Waals surface area contributed by atoms with E-state index in [2.05, 4.69) is 41.1 Å². The zero-order valence-electron chi connectivity index (χ0n) is 12.0. The summed E-state index contributed by atoms with van der Waals surface area (Å²) in [6.07, 6.45) is 6.75. The van der Waals surface area contributed by atoms with Crippen molar-refractivity contribution in [3.8, 4) is 11.5 Å². The van der Waals surface area contributed by atoms with Crippen molar-refractivity contribution in [3.63, 3.8) is 0 Å². The smallest absolute Gasteiger partial charge is 0.160 e. The van der Waals surface area contributed by atoms with Gasteiger partial charge in [0, 0.05) is 5.33 Å². The van der Waals surface area contributed by atoms with Crippen LogP contribution in [0, 0.1) is 0 Å². The Bertz CT molecular complexity index is 413. The van der Waals surface area contributed by atoms with Gasteiger partial charge in [-0.05, 0) is 43.4 Å². The second kappa shape index (κ2) is 9.03. The van der Waals surface area contributed by atoms with Gasteiger partial charge < -0.3 is 9.47 Å². The Morgan fingerprint density at radius 1 is 1.21 bits per heavy atom. The van der Waals surface area contributed by atoms with Gasteiger partial charge >= 0.3 is 0 Å². The monoisotopic (exact) mass is 326 g/mol. The molecule has 1 aromatic carbocycles. The second-order valence-corrected chi connectivity index (χ2v) is 5.18. The predicted molar refractivity (Wildman–Crippen MR) is 84.7 cm³/mol. The van der Waals surface area contributed by atoms with E-state index in [0.717, 1.165) is 42.5 Å². The van der Waals surface area contributed by atoms with Gasteiger partial charge in [-0.3, -0.25) is 0 Å². The largest absolute Gasteiger partial charge is 0.493 e. The predicted octanol–water partition coefficient (Wildman–Crippen LogP) is 4.76. The van der Waals surface area contributed by atoms with E-state index in [-0.39, 0.29) is 0 Å². The van der Waals surface area contributed by atoms with Crippen LogP contribution in [0.2, 0.25) is 0 Å². The van der Waals surface area contributed by atoms with Gasteiger partial charge in [-0.25, -0.2) is 0 Å². The Balaban J connectivity index is 2.62. The average molecular weight is 327 g/mol. The molecular formula is C16H23BrO2. The molecule has 0 unspecified atom stereocenters. The molecule has 19 heavy (non-hydrogen) atoms. The SMILES string of the molecule is CCC(=CCCc1ccc(OC)c(OC)c1)CCBr. The molecule has 0 saturated carbocycles. The molecule has 0 saturated heterocycles. The van der Waals surface area contributed by atoms with Gasteiger partial charge in [0.2, 0.25) is 0 Å². The quantitative estimate of drug-likeness (QED) is 0.506. The number of allylic oxidation sites excluding steroid dienone is 2. The highest BCUT2D eigenvalue weighted by molar-refractivity contribution is 9.09. The van der Waals surface area contributed by atoms with Crippen molar-refractivity contribution >= 4 is 15.9 Å². The maximum absolute atomic E-state index is 5.32. The summed E-state index contributed by atoms with van der Waals surface area (Å²) in [6.45, 7) is 2.21. The minimum absolute atomic E-state index is 0.787. The lowest BCUT2D eigenvalue weighted by Gasteiger charge is -2.09. The van der Waals surface area contributed by atoms with E-state index in [9.17, 15) is 0 Å². The van der Waals surface area contributed by atoms with E-state index in [1.54, 1.807) is 14.2 Å². The highest BCUT2D eigenvalue weighted by Crippen LogP contribution is 2.28. The summed E-state index contributed by atoms with van der Waals surface area (Å²) in [5.41, 5.74) is 2.81. The van der Waals surface area contributed by atoms with Crippen LogP contribution < -0.4 is 9.47 Å². The fourth-order valence-electron chi connectivity index (χ4n) is 2.02. The van der Waals surface area contributed by atoms with E-state index in [0.29, 0.717) is 0 Å². The normalized spacial score (nSPS) is 11.5. The molecule has 1 aromatic rings. The Hall–Kier alpha value is -0.960. The maximum atomic E-state index is 5.32. The molecule has 0 atom stereocenters. The zero-order valence-corrected chi connectivity index (χ0v) is 13.6. The fraction of sp³-hybridized carbons (Fsp3) is 0.500. The Labute approximate surface area is 124 Å². The van der Waals surface area contributed by atoms with Crippen LogP contribution in [0.25, 0.3) is 0 Å². The maximum Gasteiger partial charge on any atom is 0.160 e. The summed E-state index contributed by atoms with van der Waals surface area (Å²) in [7, 11) is 3.33. The van der Waals surface area contributed by atoms with Crippen LogP contribution in [0.1, 0.15) is 31.7 Å². The first-order chi connectivity index (χ1) is 9.24. The molecule has 0 fully saturated rings. The first-order valence-corrected chi connectivity index (χ1v) is 7.82. The molecule has 2 nitrogen and oxygen atoms in total. The van der Waals surface area contributed by atoms with Crippen molar-refractivity contribution in [3.05, 3.63) is 35.4 Å². The lowest BCUT2D eigenvalue weighted by molar-refractivity contribution is 0.354. The number of halogens is 1. The number of hydrogen-bond donors (Lipinski definition) is 0. The Morgan fingerprint density at radius 3 is 2.53 bits per heavy atom. The summed E-state index contributed by atoms with van der Waals surface area (Å²) < 4.78 is 10.6. The van der Waals surface area contributed by atoms with Gasteiger partial charge in [-0.15, -0.1) is 0 Å². The van der Waals surface area contributed by atoms with Crippen LogP contribution in [0.3, 0.4) is 0 Å². The van der Waals surface area contributed by atoms with Gasteiger partial charge in [-0.1, -0.05) is 40.6 Å². The van der Waals surface area contributed by atoms with Crippen molar-refractivity contribution in [1.29, 1.82) is 0 Å². The molecule has 0 radical (unpaired) electrons. The molecule has 0 N–H and O–H groups in total. The van der Waals surface area contributed by atoms with Crippen LogP contribution >= 0.6 is 15.9 Å². The molecule has 0 amide bonds. The first kappa shape index (κ1) is 16.1. The third kappa shape index (κ3) is 5.27. The number of aryl methyl sites for hydroxylation is 1. The van der Waals surface area contributed by atoms with Gasteiger partial charge in [0.15, 0.2) is 11.5 Å². The van der Waals surface area contributed by atoms with Crippen molar-refractivity contribution in [1.82, 2.24) is 0 Å². The fourth-order valence-corrected chi connectivity index (χ4v) is 2.53. The van der Waals surface area contributed by atoms with E-state index in [1.165, 1.54) is 11.1 Å². The van der Waals surface area contributed by atoms with Crippen molar-refractivity contribution in [2.75, 3.05) is 19.5 Å². The van der Waals surface area contributed by atoms with Gasteiger partial charge in [0.25, 0.3) is 0 Å². The summed E-state index contributed by atoms with van der Waals surface area (Å²) in [5.74, 6) is 1.59. The van der Waals surface area contributed by atoms with Crippen molar-refractivity contribution in [2.24, 2.45) is 0 Å². The molecule has 0 bridgehead atoms. The molecule has 0 aromatic heterocycles. The molecule has 0 aliphatic heterocycles. The molecule has 0 spiro atoms. The van der Waals surface area contributed by atoms with Crippen LogP contribution in [0.5, 0.6) is 11.5 Å². The summed E-state index contributed by atoms with van der Waals surface area (Å²) in [4.78, 5) is 0. The highest BCUT2D eigenvalue weighted by Gasteiger charge is 2.04. The van der Waals surface area contributed by atoms with Crippen molar-refractivity contribution in [2.45, 2.75) is 32.6 Å². The van der Waals surface area contributed by atoms with Crippen molar-refractivity contribution < 1.29 is 9.47 Å². The van der Waals surface area contributed by atoms with Crippen LogP contribution in [0.15, 0.2) is 29.8 Å². The molecule has 0 aliphatic rings. The zero-order chi connectivity index (χ0) is 14.1. The topological polar surface area (TPSA) is 18.5 Å². The molecular weight excluding hydrogens is 304 g/mol. The minimum atomic E-state index is 0.787. The number of methoxy groups -OCH3 is 2. The highest BCUT2D eigenvalue weighted by atomic mass is 79.9. The molecule has 1 rings (SSSR count). The van der Waals surface area contributed by atoms with E-state index >= 15 is 0 Å². The molecule has 0 heterocycles. The molecule has 106 valence electrons. The third-order valence-electron chi connectivity index (χ3n) is 3.18. The van der Waals surface area contributed by atoms with E-state index in [4.69, 9.17) is 9.47 Å². The Morgan fingerprint density at radius 2 is 1.95 bits per heavy atom. The summed E-state index contributed by atoms with van der Waals surface area (Å²) >= 11 is 3.49. The number of benzene rings is 1. The standard InChI is InChI=1S/C16H23BrO2/c1-4-13(10-11-17)6-5-7-14-8-9-15(18-2)16(12-14)19-3/h6,8-9,12H,4-5,7,10-11H2,1-3H3. The van der Waals surface area contributed by atoms with Gasteiger partial charge in [0.05, 0.1) is 14.2 Å². The minimum Gasteiger partial charge on any atom is -0.493 e. The van der Waals surface area contributed by atoms with Gasteiger partial charge in [0.1, 0.15) is 0 Å². The van der Waals surface area contributed by atoms with Gasteiger partial charge in [-0.2, -0.15) is 0 Å². The lowest BCUT2D eigenvalue weighted by Crippen LogP contribution is -1.93. The average Bonchev–Trinajstić information content (AvgIpc) is 2.46. The van der Waals surface area contributed by atoms with E-state index < -0.39 is 0 Å². The second-order valence-electron chi connectivity index (χ2n) is 4.38. The summed E-state index contributed by atoms with van der Waals surface area (Å²) in [6, 6.07) is 6.13. The number of hydrogen-bond acceptors (Lipinski definition) is 2. The van der Waals surface area contributed by atoms with Crippen LogP contribution in [-0.2, 0) is 6.42 Å². The third-order valence-corrected chi connectivity index (χ3v) is 3.58. The van der Waals surface area contributed by atoms with Crippen LogP contribution in [0.4, 0.5) is 0 Å². The number of ether oxygens (including phenoxy) is 2.